The van der Waals surface area contributed by atoms with Crippen molar-refractivity contribution in [2.75, 3.05) is 4.90 Å². The van der Waals surface area contributed by atoms with Crippen molar-refractivity contribution in [1.82, 2.24) is 4.98 Å². The van der Waals surface area contributed by atoms with Crippen LogP contribution in [-0.2, 0) is 0 Å². The Balaban J connectivity index is 0.972. The molecule has 0 saturated carbocycles. The average molecular weight is 733 g/mol. The van der Waals surface area contributed by atoms with Gasteiger partial charge in [0.1, 0.15) is 16.7 Å². The standard InChI is InChI=1S/C53H36N2O2/c1-4-13-38(14-5-1)53-54-51-45(21-12-22-49(51)57-53)40-29-32-48-46(33-40)47-34-39-15-10-11-20-44(39)50(52(47)56-48)37-25-23-35(24-26-37)36-27-30-43(31-28-36)55(41-16-6-2-7-17-41)42-18-8-3-9-19-42/h2-4,6-34H,1,5H2. The first-order valence-electron chi connectivity index (χ1n) is 19.5. The summed E-state index contributed by atoms with van der Waals surface area (Å²) in [7, 11) is 0. The zero-order valence-corrected chi connectivity index (χ0v) is 31.1. The number of oxazole rings is 1. The molecular formula is C53H36N2O2. The normalized spacial score (nSPS) is 12.8. The molecule has 0 aliphatic heterocycles. The summed E-state index contributed by atoms with van der Waals surface area (Å²) in [5.41, 5.74) is 14.4. The Morgan fingerprint density at radius 2 is 1.14 bits per heavy atom. The molecule has 2 aromatic heterocycles. The van der Waals surface area contributed by atoms with Gasteiger partial charge in [0.05, 0.1) is 0 Å². The molecule has 10 aromatic rings. The molecule has 0 N–H and O–H groups in total. The minimum atomic E-state index is 0.667. The molecule has 0 saturated heterocycles. The predicted molar refractivity (Wildman–Crippen MR) is 236 cm³/mol. The number of aromatic nitrogens is 1. The number of benzene rings is 8. The number of allylic oxidation sites excluding steroid dienone is 4. The summed E-state index contributed by atoms with van der Waals surface area (Å²) in [6.07, 6.45) is 8.54. The Morgan fingerprint density at radius 3 is 1.88 bits per heavy atom. The van der Waals surface area contributed by atoms with E-state index in [1.54, 1.807) is 0 Å². The zero-order chi connectivity index (χ0) is 37.7. The number of para-hydroxylation sites is 3. The Kier molecular flexibility index (Phi) is 7.92. The summed E-state index contributed by atoms with van der Waals surface area (Å²) >= 11 is 0. The summed E-state index contributed by atoms with van der Waals surface area (Å²) in [4.78, 5) is 7.28. The van der Waals surface area contributed by atoms with Crippen molar-refractivity contribution in [3.05, 3.63) is 200 Å². The maximum atomic E-state index is 6.78. The van der Waals surface area contributed by atoms with Gasteiger partial charge in [0, 0.05) is 44.5 Å². The number of anilines is 3. The molecule has 57 heavy (non-hydrogen) atoms. The van der Waals surface area contributed by atoms with E-state index in [1.807, 2.05) is 12.1 Å². The molecule has 0 radical (unpaired) electrons. The molecule has 0 fully saturated rings. The van der Waals surface area contributed by atoms with Crippen LogP contribution in [0.15, 0.2) is 203 Å². The van der Waals surface area contributed by atoms with Gasteiger partial charge in [-0.3, -0.25) is 0 Å². The second-order valence-electron chi connectivity index (χ2n) is 14.6. The Morgan fingerprint density at radius 1 is 0.474 bits per heavy atom. The van der Waals surface area contributed by atoms with Gasteiger partial charge in [0.2, 0.25) is 5.89 Å². The number of rotatable bonds is 7. The van der Waals surface area contributed by atoms with E-state index in [2.05, 4.69) is 187 Å². The van der Waals surface area contributed by atoms with Gasteiger partial charge in [-0.05, 0) is 107 Å². The highest BCUT2D eigenvalue weighted by Crippen LogP contribution is 2.43. The molecule has 4 nitrogen and oxygen atoms in total. The van der Waals surface area contributed by atoms with Crippen molar-refractivity contribution in [3.63, 3.8) is 0 Å². The smallest absolute Gasteiger partial charge is 0.226 e. The molecule has 0 atom stereocenters. The molecule has 270 valence electrons. The van der Waals surface area contributed by atoms with Crippen molar-refractivity contribution >= 4 is 66.4 Å². The lowest BCUT2D eigenvalue weighted by Crippen LogP contribution is -2.09. The van der Waals surface area contributed by atoms with Gasteiger partial charge in [0.25, 0.3) is 0 Å². The SMILES string of the molecule is C1=CC(c2nc3c(-c4ccc5oc6c(-c7ccc(-c8ccc(N(c9ccccc9)c9ccccc9)cc8)cc7)c7ccccc7cc6c5c4)cccc3o2)=CCC1. The molecule has 11 rings (SSSR count). The van der Waals surface area contributed by atoms with Crippen LogP contribution in [0.5, 0.6) is 0 Å². The summed E-state index contributed by atoms with van der Waals surface area (Å²) in [5.74, 6) is 0.667. The topological polar surface area (TPSA) is 42.4 Å². The highest BCUT2D eigenvalue weighted by Gasteiger charge is 2.20. The third-order valence-electron chi connectivity index (χ3n) is 11.1. The first-order chi connectivity index (χ1) is 28.2. The molecule has 0 unspecified atom stereocenters. The van der Waals surface area contributed by atoms with E-state index in [9.17, 15) is 0 Å². The quantitative estimate of drug-likeness (QED) is 0.164. The minimum absolute atomic E-state index is 0.667. The van der Waals surface area contributed by atoms with Gasteiger partial charge in [-0.15, -0.1) is 0 Å². The summed E-state index contributed by atoms with van der Waals surface area (Å²) in [6, 6.07) is 62.2. The van der Waals surface area contributed by atoms with Crippen LogP contribution < -0.4 is 4.90 Å². The van der Waals surface area contributed by atoms with Crippen molar-refractivity contribution in [2.24, 2.45) is 0 Å². The van der Waals surface area contributed by atoms with Crippen LogP contribution in [0.25, 0.3) is 82.8 Å². The molecule has 8 aromatic carbocycles. The molecule has 1 aliphatic rings. The van der Waals surface area contributed by atoms with Crippen molar-refractivity contribution in [1.29, 1.82) is 0 Å². The lowest BCUT2D eigenvalue weighted by Gasteiger charge is -2.25. The second-order valence-corrected chi connectivity index (χ2v) is 14.6. The lowest BCUT2D eigenvalue weighted by molar-refractivity contribution is 0.585. The fourth-order valence-corrected chi connectivity index (χ4v) is 8.34. The first-order valence-corrected chi connectivity index (χ1v) is 19.5. The van der Waals surface area contributed by atoms with Crippen LogP contribution >= 0.6 is 0 Å². The van der Waals surface area contributed by atoms with Gasteiger partial charge in [-0.25, -0.2) is 4.98 Å². The molecular weight excluding hydrogens is 697 g/mol. The van der Waals surface area contributed by atoms with Crippen LogP contribution in [0, 0.1) is 0 Å². The Bertz CT molecular complexity index is 3110. The Hall–Kier alpha value is -7.43. The number of hydrogen-bond acceptors (Lipinski definition) is 4. The van der Waals surface area contributed by atoms with Gasteiger partial charge < -0.3 is 13.7 Å². The Labute approximate surface area is 330 Å². The summed E-state index contributed by atoms with van der Waals surface area (Å²) in [6.45, 7) is 0. The van der Waals surface area contributed by atoms with E-state index in [-0.39, 0.29) is 0 Å². The van der Waals surface area contributed by atoms with Crippen LogP contribution in [0.4, 0.5) is 17.1 Å². The number of nitrogens with zero attached hydrogens (tertiary/aromatic N) is 2. The van der Waals surface area contributed by atoms with Crippen molar-refractivity contribution in [3.8, 4) is 33.4 Å². The predicted octanol–water partition coefficient (Wildman–Crippen LogP) is 15.1. The van der Waals surface area contributed by atoms with Crippen LogP contribution in [0.2, 0.25) is 0 Å². The monoisotopic (exact) mass is 732 g/mol. The number of hydrogen-bond donors (Lipinski definition) is 0. The van der Waals surface area contributed by atoms with Gasteiger partial charge >= 0.3 is 0 Å². The van der Waals surface area contributed by atoms with E-state index in [1.165, 1.54) is 5.39 Å². The van der Waals surface area contributed by atoms with Crippen LogP contribution in [0.1, 0.15) is 18.7 Å². The summed E-state index contributed by atoms with van der Waals surface area (Å²) < 4.78 is 13.0. The van der Waals surface area contributed by atoms with Crippen LogP contribution in [-0.4, -0.2) is 4.98 Å². The van der Waals surface area contributed by atoms with E-state index < -0.39 is 0 Å². The maximum absolute atomic E-state index is 6.78. The molecule has 1 aliphatic carbocycles. The van der Waals surface area contributed by atoms with E-state index in [0.29, 0.717) is 5.89 Å². The molecule has 0 spiro atoms. The third-order valence-corrected chi connectivity index (χ3v) is 11.1. The molecule has 0 amide bonds. The van der Waals surface area contributed by atoms with Gasteiger partial charge in [0.15, 0.2) is 5.58 Å². The third kappa shape index (κ3) is 5.82. The highest BCUT2D eigenvalue weighted by atomic mass is 16.3. The number of furan rings is 1. The average Bonchev–Trinajstić information content (AvgIpc) is 3.89. The number of fused-ring (bicyclic) bond motifs is 5. The first kappa shape index (κ1) is 33.0. The maximum Gasteiger partial charge on any atom is 0.226 e. The van der Waals surface area contributed by atoms with Gasteiger partial charge in [-0.2, -0.15) is 0 Å². The second kappa shape index (κ2) is 13.7. The fourth-order valence-electron chi connectivity index (χ4n) is 8.34. The molecule has 2 heterocycles. The molecule has 4 heteroatoms. The van der Waals surface area contributed by atoms with Gasteiger partial charge in [-0.1, -0.05) is 133 Å². The van der Waals surface area contributed by atoms with E-state index in [4.69, 9.17) is 13.8 Å². The lowest BCUT2D eigenvalue weighted by atomic mass is 9.93. The largest absolute Gasteiger partial charge is 0.455 e. The van der Waals surface area contributed by atoms with Crippen molar-refractivity contribution in [2.45, 2.75) is 12.8 Å². The zero-order valence-electron chi connectivity index (χ0n) is 31.1. The molecule has 0 bridgehead atoms. The summed E-state index contributed by atoms with van der Waals surface area (Å²) in [5, 5.41) is 4.50. The van der Waals surface area contributed by atoms with E-state index >= 15 is 0 Å². The highest BCUT2D eigenvalue weighted by molar-refractivity contribution is 6.19. The van der Waals surface area contributed by atoms with Crippen LogP contribution in [0.3, 0.4) is 0 Å². The fraction of sp³-hybridized carbons (Fsp3) is 0.0377. The van der Waals surface area contributed by atoms with E-state index in [0.717, 1.165) is 107 Å². The minimum Gasteiger partial charge on any atom is -0.455 e. The van der Waals surface area contributed by atoms with Crippen molar-refractivity contribution < 1.29 is 8.83 Å².